The van der Waals surface area contributed by atoms with Crippen LogP contribution in [-0.2, 0) is 43.3 Å². The van der Waals surface area contributed by atoms with Crippen LogP contribution in [0.1, 0.15) is 211 Å². The average Bonchev–Trinajstić information content (AvgIpc) is 1.66. The standard InChI is InChI=1S/C87H100N6/c1-80(2,3)60-38-56(39-61(48-60)81(4,5)6)71-52-72(57-40-62(82(7,8)9)49-63(41-57)83(10,11)12)89-76(88-71)55-35-37-75(93-73-33-29-28-32-68(73)69-46-54(34-36-74(69)93)53-30-26-25-27-31-53)70(47-55)79-91-77(58-42-64(84(13,14)15)50-65(43-58)85(16,17)18)90-78(92-79)59-44-66(86(19,20)21)51-67(45-59)87(22,23)24/h25-52H,1-24H3. The number of nitrogens with zero attached hydrogens (tertiary/aromatic N) is 6. The molecule has 93 heavy (non-hydrogen) atoms. The van der Waals surface area contributed by atoms with Crippen LogP contribution in [0.25, 0.3) is 107 Å². The van der Waals surface area contributed by atoms with Gasteiger partial charge in [0.1, 0.15) is 0 Å². The van der Waals surface area contributed by atoms with Crippen LogP contribution in [0.2, 0.25) is 0 Å². The van der Waals surface area contributed by atoms with E-state index in [1.54, 1.807) is 0 Å². The third-order valence-electron chi connectivity index (χ3n) is 18.6. The van der Waals surface area contributed by atoms with Crippen molar-refractivity contribution in [3.63, 3.8) is 0 Å². The van der Waals surface area contributed by atoms with E-state index in [2.05, 4.69) is 341 Å². The van der Waals surface area contributed by atoms with Gasteiger partial charge >= 0.3 is 0 Å². The van der Waals surface area contributed by atoms with E-state index in [-0.39, 0.29) is 43.3 Å². The van der Waals surface area contributed by atoms with Gasteiger partial charge in [0.05, 0.1) is 28.1 Å². The smallest absolute Gasteiger partial charge is 0.166 e. The van der Waals surface area contributed by atoms with Crippen LogP contribution in [0.3, 0.4) is 0 Å². The highest BCUT2D eigenvalue weighted by Crippen LogP contribution is 2.44. The van der Waals surface area contributed by atoms with Crippen molar-refractivity contribution in [3.8, 4) is 84.9 Å². The lowest BCUT2D eigenvalue weighted by atomic mass is 9.79. The van der Waals surface area contributed by atoms with Gasteiger partial charge in [-0.3, -0.25) is 0 Å². The molecule has 0 aliphatic heterocycles. The molecule has 0 atom stereocenters. The second kappa shape index (κ2) is 23.3. The van der Waals surface area contributed by atoms with Gasteiger partial charge < -0.3 is 4.57 Å². The summed E-state index contributed by atoms with van der Waals surface area (Å²) < 4.78 is 2.41. The molecule has 6 nitrogen and oxygen atoms in total. The minimum absolute atomic E-state index is 0.120. The Hall–Kier alpha value is -8.35. The van der Waals surface area contributed by atoms with Crippen LogP contribution in [0.15, 0.2) is 170 Å². The molecular formula is C87H100N6. The fourth-order valence-corrected chi connectivity index (χ4v) is 12.2. The van der Waals surface area contributed by atoms with Gasteiger partial charge in [-0.25, -0.2) is 24.9 Å². The van der Waals surface area contributed by atoms with Gasteiger partial charge in [0.15, 0.2) is 23.3 Å². The van der Waals surface area contributed by atoms with Crippen molar-refractivity contribution in [1.82, 2.24) is 29.5 Å². The van der Waals surface area contributed by atoms with Gasteiger partial charge in [0.25, 0.3) is 0 Å². The molecule has 11 rings (SSSR count). The van der Waals surface area contributed by atoms with Crippen molar-refractivity contribution < 1.29 is 0 Å². The summed E-state index contributed by atoms with van der Waals surface area (Å²) in [5, 5.41) is 2.31. The minimum Gasteiger partial charge on any atom is -0.309 e. The van der Waals surface area contributed by atoms with Gasteiger partial charge in [-0.05, 0) is 190 Å². The van der Waals surface area contributed by atoms with Crippen molar-refractivity contribution in [2.24, 2.45) is 0 Å². The van der Waals surface area contributed by atoms with Crippen LogP contribution in [0.5, 0.6) is 0 Å². The van der Waals surface area contributed by atoms with E-state index in [1.807, 2.05) is 0 Å². The second-order valence-corrected chi connectivity index (χ2v) is 34.6. The van der Waals surface area contributed by atoms with Gasteiger partial charge in [-0.1, -0.05) is 245 Å². The number of aromatic nitrogens is 6. The summed E-state index contributed by atoms with van der Waals surface area (Å²) in [7, 11) is 0. The maximum atomic E-state index is 5.79. The Morgan fingerprint density at radius 3 is 0.957 bits per heavy atom. The van der Waals surface area contributed by atoms with Gasteiger partial charge in [-0.2, -0.15) is 0 Å². The molecule has 0 amide bonds. The third kappa shape index (κ3) is 13.9. The predicted molar refractivity (Wildman–Crippen MR) is 397 cm³/mol. The lowest BCUT2D eigenvalue weighted by Gasteiger charge is -2.27. The molecule has 0 saturated heterocycles. The first-order chi connectivity index (χ1) is 43.1. The van der Waals surface area contributed by atoms with Gasteiger partial charge in [0, 0.05) is 44.2 Å². The lowest BCUT2D eigenvalue weighted by molar-refractivity contribution is 0.568. The highest BCUT2D eigenvalue weighted by atomic mass is 15.1. The molecule has 0 radical (unpaired) electrons. The van der Waals surface area contributed by atoms with Crippen LogP contribution < -0.4 is 0 Å². The van der Waals surface area contributed by atoms with Crippen LogP contribution in [-0.4, -0.2) is 29.5 Å². The zero-order chi connectivity index (χ0) is 67.5. The van der Waals surface area contributed by atoms with Crippen LogP contribution >= 0.6 is 0 Å². The Kier molecular flexibility index (Phi) is 16.6. The number of fused-ring (bicyclic) bond motifs is 3. The summed E-state index contributed by atoms with van der Waals surface area (Å²) in [6, 6.07) is 63.5. The van der Waals surface area contributed by atoms with E-state index < -0.39 is 0 Å². The summed E-state index contributed by atoms with van der Waals surface area (Å²) in [5.41, 5.74) is 21.6. The maximum absolute atomic E-state index is 5.79. The largest absolute Gasteiger partial charge is 0.309 e. The topological polar surface area (TPSA) is 69.4 Å². The Balaban J connectivity index is 1.29. The number of benzene rings is 8. The molecule has 478 valence electrons. The number of para-hydroxylation sites is 1. The first kappa shape index (κ1) is 66.1. The summed E-state index contributed by atoms with van der Waals surface area (Å²) in [5.74, 6) is 2.38. The molecule has 8 aromatic carbocycles. The van der Waals surface area contributed by atoms with E-state index in [0.29, 0.717) is 23.3 Å². The van der Waals surface area contributed by atoms with Crippen molar-refractivity contribution >= 4 is 21.8 Å². The molecule has 0 spiro atoms. The number of hydrogen-bond acceptors (Lipinski definition) is 5. The molecule has 3 heterocycles. The summed E-state index contributed by atoms with van der Waals surface area (Å²) in [4.78, 5) is 28.7. The Morgan fingerprint density at radius 1 is 0.226 bits per heavy atom. The van der Waals surface area contributed by atoms with E-state index >= 15 is 0 Å². The van der Waals surface area contributed by atoms with E-state index in [4.69, 9.17) is 24.9 Å². The predicted octanol–water partition coefficient (Wildman–Crippen LogP) is 23.8. The molecule has 0 fully saturated rings. The van der Waals surface area contributed by atoms with Gasteiger partial charge in [-0.15, -0.1) is 0 Å². The van der Waals surface area contributed by atoms with Crippen molar-refractivity contribution in [2.75, 3.05) is 0 Å². The first-order valence-electron chi connectivity index (χ1n) is 33.6. The number of rotatable bonds is 8. The average molecular weight is 1230 g/mol. The summed E-state index contributed by atoms with van der Waals surface area (Å²) in [6.07, 6.45) is 0. The van der Waals surface area contributed by atoms with Gasteiger partial charge in [0.2, 0.25) is 0 Å². The van der Waals surface area contributed by atoms with Crippen molar-refractivity contribution in [2.45, 2.75) is 209 Å². The van der Waals surface area contributed by atoms with Crippen molar-refractivity contribution in [3.05, 3.63) is 214 Å². The molecular weight excluding hydrogens is 1130 g/mol. The molecule has 0 N–H and O–H groups in total. The molecule has 0 bridgehead atoms. The normalized spacial score (nSPS) is 13.2. The first-order valence-corrected chi connectivity index (χ1v) is 33.6. The zero-order valence-electron chi connectivity index (χ0n) is 60.3. The molecule has 0 saturated carbocycles. The SMILES string of the molecule is CC(C)(C)c1cc(-c2cc(-c3cc(C(C)(C)C)cc(C(C)(C)C)c3)nc(-c3ccc(-n4c5ccccc5c5cc(-c6ccccc6)ccc54)c(-c4nc(-c5cc(C(C)(C)C)cc(C(C)(C)C)c5)nc(-c5cc(C(C)(C)C)cc(C(C)(C)C)c5)n4)c3)n2)cc(C(C)(C)C)c1. The highest BCUT2D eigenvalue weighted by Gasteiger charge is 2.30. The molecule has 0 unspecified atom stereocenters. The molecule has 11 aromatic rings. The molecule has 0 aliphatic carbocycles. The Bertz CT molecular complexity index is 4350. The van der Waals surface area contributed by atoms with E-state index in [0.717, 1.165) is 77.8 Å². The lowest BCUT2D eigenvalue weighted by Crippen LogP contribution is -2.17. The van der Waals surface area contributed by atoms with Crippen LogP contribution in [0, 0.1) is 0 Å². The Labute approximate surface area is 556 Å². The van der Waals surface area contributed by atoms with E-state index in [1.165, 1.54) is 50.1 Å². The van der Waals surface area contributed by atoms with E-state index in [9.17, 15) is 0 Å². The fraction of sp³-hybridized carbons (Fsp3) is 0.368. The monoisotopic (exact) mass is 1230 g/mol. The van der Waals surface area contributed by atoms with Crippen LogP contribution in [0.4, 0.5) is 0 Å². The zero-order valence-corrected chi connectivity index (χ0v) is 60.3. The highest BCUT2D eigenvalue weighted by molar-refractivity contribution is 6.11. The third-order valence-corrected chi connectivity index (χ3v) is 18.6. The fourth-order valence-electron chi connectivity index (χ4n) is 12.2. The molecule has 6 heteroatoms. The summed E-state index contributed by atoms with van der Waals surface area (Å²) >= 11 is 0. The quantitative estimate of drug-likeness (QED) is 0.152. The molecule has 0 aliphatic rings. The summed E-state index contributed by atoms with van der Waals surface area (Å²) in [6.45, 7) is 55.1. The number of hydrogen-bond donors (Lipinski definition) is 0. The maximum Gasteiger partial charge on any atom is 0.166 e. The molecule has 3 aromatic heterocycles. The van der Waals surface area contributed by atoms with Crippen molar-refractivity contribution in [1.29, 1.82) is 0 Å². The Morgan fingerprint density at radius 2 is 0.559 bits per heavy atom. The second-order valence-electron chi connectivity index (χ2n) is 34.6. The minimum atomic E-state index is -0.159.